The third kappa shape index (κ3) is 2.36. The lowest BCUT2D eigenvalue weighted by atomic mass is 9.86. The Kier molecular flexibility index (Phi) is 3.68. The van der Waals surface area contributed by atoms with Gasteiger partial charge in [-0.05, 0) is 37.6 Å². The molecule has 2 aliphatic rings. The van der Waals surface area contributed by atoms with Crippen LogP contribution >= 0.6 is 0 Å². The lowest BCUT2D eigenvalue weighted by molar-refractivity contribution is 0.0737. The summed E-state index contributed by atoms with van der Waals surface area (Å²) in [5.74, 6) is 1.58. The summed E-state index contributed by atoms with van der Waals surface area (Å²) in [6, 6.07) is 1.20. The maximum Gasteiger partial charge on any atom is 0.0589 e. The fourth-order valence-corrected chi connectivity index (χ4v) is 3.48. The summed E-state index contributed by atoms with van der Waals surface area (Å²) < 4.78 is 0. The molecule has 1 N–H and O–H groups in total. The van der Waals surface area contributed by atoms with Gasteiger partial charge < -0.3 is 5.11 Å². The first-order chi connectivity index (χ1) is 7.22. The van der Waals surface area contributed by atoms with E-state index in [0.717, 1.165) is 12.0 Å². The molecule has 2 heteroatoms. The third-order valence-electron chi connectivity index (χ3n) is 4.49. The predicted octanol–water partition coefficient (Wildman–Crippen LogP) is 2.27. The maximum absolute atomic E-state index is 9.46. The predicted molar refractivity (Wildman–Crippen MR) is 62.8 cm³/mol. The van der Waals surface area contributed by atoms with E-state index in [0.29, 0.717) is 18.6 Å². The first-order valence-corrected chi connectivity index (χ1v) is 6.59. The highest BCUT2D eigenvalue weighted by molar-refractivity contribution is 4.90. The molecular formula is C13H25NO. The molecule has 4 unspecified atom stereocenters. The molecule has 15 heavy (non-hydrogen) atoms. The monoisotopic (exact) mass is 211 g/mol. The lowest BCUT2D eigenvalue weighted by Crippen LogP contribution is -2.44. The molecule has 1 aliphatic heterocycles. The van der Waals surface area contributed by atoms with Gasteiger partial charge in [-0.15, -0.1) is 0 Å². The fourth-order valence-electron chi connectivity index (χ4n) is 3.48. The quantitative estimate of drug-likeness (QED) is 0.757. The minimum atomic E-state index is 0.353. The molecule has 0 radical (unpaired) electrons. The van der Waals surface area contributed by atoms with Gasteiger partial charge in [0.25, 0.3) is 0 Å². The van der Waals surface area contributed by atoms with Crippen molar-refractivity contribution in [2.45, 2.75) is 58.0 Å². The SMILES string of the molecule is CC1CCCC(N2CCC(C)C2CO)C1. The molecule has 2 nitrogen and oxygen atoms in total. The highest BCUT2D eigenvalue weighted by Crippen LogP contribution is 2.33. The second kappa shape index (κ2) is 4.84. The van der Waals surface area contributed by atoms with Crippen molar-refractivity contribution in [2.75, 3.05) is 13.2 Å². The Hall–Kier alpha value is -0.0800. The molecule has 88 valence electrons. The topological polar surface area (TPSA) is 23.5 Å². The van der Waals surface area contributed by atoms with E-state index in [1.807, 2.05) is 0 Å². The molecule has 1 saturated carbocycles. The number of aliphatic hydroxyl groups excluding tert-OH is 1. The summed E-state index contributed by atoms with van der Waals surface area (Å²) in [6.45, 7) is 6.22. The Morgan fingerprint density at radius 2 is 2.00 bits per heavy atom. The first-order valence-electron chi connectivity index (χ1n) is 6.59. The molecule has 0 amide bonds. The largest absolute Gasteiger partial charge is 0.395 e. The maximum atomic E-state index is 9.46. The van der Waals surface area contributed by atoms with E-state index in [2.05, 4.69) is 18.7 Å². The molecule has 0 aromatic carbocycles. The van der Waals surface area contributed by atoms with Crippen LogP contribution in [0.5, 0.6) is 0 Å². The van der Waals surface area contributed by atoms with Gasteiger partial charge in [-0.2, -0.15) is 0 Å². The average molecular weight is 211 g/mol. The van der Waals surface area contributed by atoms with Gasteiger partial charge in [-0.25, -0.2) is 0 Å². The van der Waals surface area contributed by atoms with E-state index in [1.165, 1.54) is 38.6 Å². The highest BCUT2D eigenvalue weighted by Gasteiger charge is 2.36. The summed E-state index contributed by atoms with van der Waals surface area (Å²) in [6.07, 6.45) is 6.77. The van der Waals surface area contributed by atoms with E-state index in [4.69, 9.17) is 0 Å². The van der Waals surface area contributed by atoms with Gasteiger partial charge in [-0.1, -0.05) is 26.7 Å². The van der Waals surface area contributed by atoms with Gasteiger partial charge in [0.1, 0.15) is 0 Å². The van der Waals surface area contributed by atoms with Gasteiger partial charge in [0.05, 0.1) is 6.61 Å². The standard InChI is InChI=1S/C13H25NO/c1-10-4-3-5-12(8-10)14-7-6-11(2)13(14)9-15/h10-13,15H,3-9H2,1-2H3. The molecule has 0 aromatic rings. The van der Waals surface area contributed by atoms with Crippen LogP contribution < -0.4 is 0 Å². The van der Waals surface area contributed by atoms with Gasteiger partial charge in [0.2, 0.25) is 0 Å². The number of aliphatic hydroxyl groups is 1. The van der Waals surface area contributed by atoms with E-state index in [-0.39, 0.29) is 0 Å². The van der Waals surface area contributed by atoms with Gasteiger partial charge >= 0.3 is 0 Å². The summed E-state index contributed by atoms with van der Waals surface area (Å²) in [7, 11) is 0. The van der Waals surface area contributed by atoms with Crippen LogP contribution in [0.1, 0.15) is 46.0 Å². The van der Waals surface area contributed by atoms with E-state index >= 15 is 0 Å². The Labute approximate surface area is 93.7 Å². The summed E-state index contributed by atoms with van der Waals surface area (Å²) in [5, 5.41) is 9.46. The highest BCUT2D eigenvalue weighted by atomic mass is 16.3. The van der Waals surface area contributed by atoms with E-state index in [1.54, 1.807) is 0 Å². The van der Waals surface area contributed by atoms with Crippen LogP contribution in [0, 0.1) is 11.8 Å². The van der Waals surface area contributed by atoms with Crippen LogP contribution in [0.3, 0.4) is 0 Å². The molecular weight excluding hydrogens is 186 g/mol. The van der Waals surface area contributed by atoms with Crippen molar-refractivity contribution >= 4 is 0 Å². The molecule has 1 heterocycles. The number of nitrogens with zero attached hydrogens (tertiary/aromatic N) is 1. The van der Waals surface area contributed by atoms with Crippen molar-refractivity contribution in [3.8, 4) is 0 Å². The zero-order valence-corrected chi connectivity index (χ0v) is 10.2. The van der Waals surface area contributed by atoms with E-state index in [9.17, 15) is 5.11 Å². The number of likely N-dealkylation sites (tertiary alicyclic amines) is 1. The minimum Gasteiger partial charge on any atom is -0.395 e. The van der Waals surface area contributed by atoms with Crippen LogP contribution in [0.2, 0.25) is 0 Å². The smallest absolute Gasteiger partial charge is 0.0589 e. The fraction of sp³-hybridized carbons (Fsp3) is 1.00. The van der Waals surface area contributed by atoms with Crippen LogP contribution in [0.15, 0.2) is 0 Å². The van der Waals surface area contributed by atoms with Crippen LogP contribution in [0.25, 0.3) is 0 Å². The lowest BCUT2D eigenvalue weighted by Gasteiger charge is -2.37. The van der Waals surface area contributed by atoms with Gasteiger partial charge in [-0.3, -0.25) is 4.90 Å². The van der Waals surface area contributed by atoms with Gasteiger partial charge in [0.15, 0.2) is 0 Å². The minimum absolute atomic E-state index is 0.353. The zero-order valence-electron chi connectivity index (χ0n) is 10.2. The second-order valence-electron chi connectivity index (χ2n) is 5.68. The summed E-state index contributed by atoms with van der Waals surface area (Å²) >= 11 is 0. The average Bonchev–Trinajstić information content (AvgIpc) is 2.59. The Balaban J connectivity index is 1.97. The van der Waals surface area contributed by atoms with Crippen molar-refractivity contribution < 1.29 is 5.11 Å². The van der Waals surface area contributed by atoms with E-state index < -0.39 is 0 Å². The molecule has 1 saturated heterocycles. The van der Waals surface area contributed by atoms with Crippen molar-refractivity contribution in [2.24, 2.45) is 11.8 Å². The van der Waals surface area contributed by atoms with Crippen molar-refractivity contribution in [1.82, 2.24) is 4.90 Å². The van der Waals surface area contributed by atoms with Crippen LogP contribution in [-0.2, 0) is 0 Å². The molecule has 0 spiro atoms. The second-order valence-corrected chi connectivity index (χ2v) is 5.68. The summed E-state index contributed by atoms with van der Waals surface area (Å²) in [5.41, 5.74) is 0. The zero-order chi connectivity index (χ0) is 10.8. The number of hydrogen-bond acceptors (Lipinski definition) is 2. The molecule has 0 aromatic heterocycles. The van der Waals surface area contributed by atoms with Crippen LogP contribution in [0.4, 0.5) is 0 Å². The Morgan fingerprint density at radius 3 is 2.67 bits per heavy atom. The molecule has 0 bridgehead atoms. The normalized spacial score (nSPS) is 43.4. The van der Waals surface area contributed by atoms with Crippen molar-refractivity contribution in [3.63, 3.8) is 0 Å². The Morgan fingerprint density at radius 1 is 1.20 bits per heavy atom. The van der Waals surface area contributed by atoms with Crippen molar-refractivity contribution in [3.05, 3.63) is 0 Å². The first kappa shape index (κ1) is 11.4. The number of hydrogen-bond donors (Lipinski definition) is 1. The molecule has 1 aliphatic carbocycles. The molecule has 2 rings (SSSR count). The number of rotatable bonds is 2. The molecule has 2 fully saturated rings. The Bertz CT molecular complexity index is 207. The van der Waals surface area contributed by atoms with Gasteiger partial charge in [0, 0.05) is 12.1 Å². The third-order valence-corrected chi connectivity index (χ3v) is 4.49. The van der Waals surface area contributed by atoms with Crippen molar-refractivity contribution in [1.29, 1.82) is 0 Å². The van der Waals surface area contributed by atoms with Crippen LogP contribution in [-0.4, -0.2) is 35.2 Å². The molecule has 4 atom stereocenters. The summed E-state index contributed by atoms with van der Waals surface area (Å²) in [4.78, 5) is 2.60.